The van der Waals surface area contributed by atoms with Gasteiger partial charge in [0.15, 0.2) is 0 Å². The third-order valence-electron chi connectivity index (χ3n) is 5.11. The molecule has 0 radical (unpaired) electrons. The van der Waals surface area contributed by atoms with Crippen molar-refractivity contribution in [1.82, 2.24) is 14.7 Å². The summed E-state index contributed by atoms with van der Waals surface area (Å²) in [6.45, 7) is 20.9. The van der Waals surface area contributed by atoms with Gasteiger partial charge in [0, 0.05) is 45.3 Å². The van der Waals surface area contributed by atoms with E-state index >= 15 is 0 Å². The van der Waals surface area contributed by atoms with Crippen LogP contribution in [0.1, 0.15) is 67.7 Å². The molecular formula is C20H43N3O2. The predicted octanol–water partition coefficient (Wildman–Crippen LogP) is 2.83. The van der Waals surface area contributed by atoms with Crippen molar-refractivity contribution >= 4 is 5.91 Å². The van der Waals surface area contributed by atoms with E-state index in [1.165, 1.54) is 0 Å². The minimum absolute atomic E-state index is 0.131. The molecule has 0 aromatic heterocycles. The van der Waals surface area contributed by atoms with Gasteiger partial charge in [-0.25, -0.2) is 0 Å². The monoisotopic (exact) mass is 357 g/mol. The number of aliphatic hydroxyl groups is 1. The van der Waals surface area contributed by atoms with E-state index in [2.05, 4.69) is 30.6 Å². The number of carbonyl (C=O) groups is 1. The van der Waals surface area contributed by atoms with Crippen LogP contribution in [0, 0.1) is 0 Å². The number of piperazine rings is 1. The number of amides is 1. The summed E-state index contributed by atoms with van der Waals surface area (Å²) >= 11 is 0. The van der Waals surface area contributed by atoms with E-state index in [1.807, 2.05) is 32.6 Å². The normalized spacial score (nSPS) is 21.1. The van der Waals surface area contributed by atoms with Gasteiger partial charge < -0.3 is 19.8 Å². The SMILES string of the molecule is CC.CC.CCN1CCN(C(=O)CC2(O)CCN(C(C)C)CC2)CC1. The molecule has 0 aliphatic carbocycles. The summed E-state index contributed by atoms with van der Waals surface area (Å²) in [5, 5.41) is 10.7. The molecule has 0 atom stereocenters. The van der Waals surface area contributed by atoms with Gasteiger partial charge in [0.1, 0.15) is 0 Å². The molecule has 150 valence electrons. The van der Waals surface area contributed by atoms with Gasteiger partial charge in [-0.1, -0.05) is 34.6 Å². The van der Waals surface area contributed by atoms with Gasteiger partial charge >= 0.3 is 0 Å². The first-order chi connectivity index (χ1) is 11.9. The molecular weight excluding hydrogens is 314 g/mol. The fraction of sp³-hybridized carbons (Fsp3) is 0.950. The highest BCUT2D eigenvalue weighted by atomic mass is 16.3. The molecule has 25 heavy (non-hydrogen) atoms. The maximum absolute atomic E-state index is 12.4. The van der Waals surface area contributed by atoms with Crippen LogP contribution < -0.4 is 0 Å². The molecule has 2 saturated heterocycles. The number of likely N-dealkylation sites (N-methyl/N-ethyl adjacent to an activating group) is 1. The van der Waals surface area contributed by atoms with Gasteiger partial charge in [-0.15, -0.1) is 0 Å². The number of hydrogen-bond donors (Lipinski definition) is 1. The first kappa shape index (κ1) is 24.4. The zero-order chi connectivity index (χ0) is 19.5. The third kappa shape index (κ3) is 8.06. The molecule has 5 nitrogen and oxygen atoms in total. The molecule has 2 rings (SSSR count). The first-order valence-corrected chi connectivity index (χ1v) is 10.4. The van der Waals surface area contributed by atoms with Crippen molar-refractivity contribution in [3.05, 3.63) is 0 Å². The highest BCUT2D eigenvalue weighted by Crippen LogP contribution is 2.27. The topological polar surface area (TPSA) is 47.0 Å². The summed E-state index contributed by atoms with van der Waals surface area (Å²) in [5.74, 6) is 0.131. The number of carbonyl (C=O) groups excluding carboxylic acids is 1. The van der Waals surface area contributed by atoms with Crippen LogP contribution in [0.5, 0.6) is 0 Å². The van der Waals surface area contributed by atoms with Gasteiger partial charge in [0.25, 0.3) is 0 Å². The van der Waals surface area contributed by atoms with Crippen LogP contribution in [0.4, 0.5) is 0 Å². The van der Waals surface area contributed by atoms with Crippen molar-refractivity contribution in [1.29, 1.82) is 0 Å². The summed E-state index contributed by atoms with van der Waals surface area (Å²) in [6.07, 6.45) is 1.72. The molecule has 5 heteroatoms. The summed E-state index contributed by atoms with van der Waals surface area (Å²) in [6, 6.07) is 0.521. The van der Waals surface area contributed by atoms with Crippen LogP contribution in [0.3, 0.4) is 0 Å². The van der Waals surface area contributed by atoms with Crippen molar-refractivity contribution in [2.45, 2.75) is 79.4 Å². The standard InChI is InChI=1S/C16H31N3O2.2C2H6/c1-4-17-9-11-19(12-10-17)15(20)13-16(21)5-7-18(8-6-16)14(2)3;2*1-2/h14,21H,4-13H2,1-3H3;2*1-2H3. The Morgan fingerprint density at radius 1 is 0.960 bits per heavy atom. The van der Waals surface area contributed by atoms with Crippen molar-refractivity contribution in [3.63, 3.8) is 0 Å². The van der Waals surface area contributed by atoms with E-state index in [0.717, 1.165) is 45.8 Å². The Bertz CT molecular complexity index is 345. The van der Waals surface area contributed by atoms with E-state index in [0.29, 0.717) is 25.3 Å². The highest BCUT2D eigenvalue weighted by Gasteiger charge is 2.36. The number of hydrogen-bond acceptors (Lipinski definition) is 4. The summed E-state index contributed by atoms with van der Waals surface area (Å²) in [7, 11) is 0. The fourth-order valence-electron chi connectivity index (χ4n) is 3.34. The quantitative estimate of drug-likeness (QED) is 0.840. The molecule has 0 aromatic rings. The largest absolute Gasteiger partial charge is 0.389 e. The lowest BCUT2D eigenvalue weighted by Crippen LogP contribution is -2.52. The van der Waals surface area contributed by atoms with E-state index in [-0.39, 0.29) is 5.91 Å². The maximum Gasteiger partial charge on any atom is 0.225 e. The molecule has 2 aliphatic heterocycles. The summed E-state index contributed by atoms with van der Waals surface area (Å²) < 4.78 is 0. The Morgan fingerprint density at radius 2 is 1.44 bits per heavy atom. The molecule has 1 N–H and O–H groups in total. The molecule has 1 amide bonds. The van der Waals surface area contributed by atoms with Crippen LogP contribution in [-0.4, -0.2) is 83.2 Å². The van der Waals surface area contributed by atoms with Gasteiger partial charge in [-0.05, 0) is 33.2 Å². The summed E-state index contributed by atoms with van der Waals surface area (Å²) in [4.78, 5) is 19.1. The fourth-order valence-corrected chi connectivity index (χ4v) is 3.34. The molecule has 2 aliphatic rings. The third-order valence-corrected chi connectivity index (χ3v) is 5.11. The molecule has 0 bridgehead atoms. The Kier molecular flexibility index (Phi) is 12.3. The number of likely N-dealkylation sites (tertiary alicyclic amines) is 1. The zero-order valence-electron chi connectivity index (χ0n) is 17.8. The average Bonchev–Trinajstić information content (AvgIpc) is 2.65. The van der Waals surface area contributed by atoms with Crippen molar-refractivity contribution in [2.75, 3.05) is 45.8 Å². The lowest BCUT2D eigenvalue weighted by Gasteiger charge is -2.41. The predicted molar refractivity (Wildman–Crippen MR) is 107 cm³/mol. The van der Waals surface area contributed by atoms with Crippen molar-refractivity contribution in [2.24, 2.45) is 0 Å². The molecule has 0 spiro atoms. The smallest absolute Gasteiger partial charge is 0.225 e. The first-order valence-electron chi connectivity index (χ1n) is 10.4. The zero-order valence-corrected chi connectivity index (χ0v) is 17.8. The van der Waals surface area contributed by atoms with Crippen LogP contribution in [0.2, 0.25) is 0 Å². The van der Waals surface area contributed by atoms with E-state index in [9.17, 15) is 9.90 Å². The van der Waals surface area contributed by atoms with Crippen LogP contribution in [0.25, 0.3) is 0 Å². The molecule has 0 aromatic carbocycles. The second-order valence-corrected chi connectivity index (χ2v) is 6.85. The van der Waals surface area contributed by atoms with Gasteiger partial charge in [-0.3, -0.25) is 4.79 Å². The second-order valence-electron chi connectivity index (χ2n) is 6.85. The van der Waals surface area contributed by atoms with Crippen LogP contribution in [-0.2, 0) is 4.79 Å². The molecule has 2 fully saturated rings. The minimum atomic E-state index is -0.787. The Morgan fingerprint density at radius 3 is 1.84 bits per heavy atom. The number of nitrogens with zero attached hydrogens (tertiary/aromatic N) is 3. The van der Waals surface area contributed by atoms with E-state index in [1.54, 1.807) is 0 Å². The van der Waals surface area contributed by atoms with E-state index in [4.69, 9.17) is 0 Å². The number of piperidine rings is 1. The summed E-state index contributed by atoms with van der Waals surface area (Å²) in [5.41, 5.74) is -0.787. The van der Waals surface area contributed by atoms with Crippen LogP contribution in [0.15, 0.2) is 0 Å². The minimum Gasteiger partial charge on any atom is -0.389 e. The lowest BCUT2D eigenvalue weighted by molar-refractivity contribution is -0.140. The lowest BCUT2D eigenvalue weighted by atomic mass is 9.87. The Balaban J connectivity index is 0.00000134. The average molecular weight is 358 g/mol. The Labute approximate surface area is 156 Å². The van der Waals surface area contributed by atoms with Gasteiger partial charge in [-0.2, -0.15) is 0 Å². The number of rotatable bonds is 4. The van der Waals surface area contributed by atoms with Crippen LogP contribution >= 0.6 is 0 Å². The molecule has 2 heterocycles. The van der Waals surface area contributed by atoms with E-state index < -0.39 is 5.60 Å². The molecule has 0 saturated carbocycles. The van der Waals surface area contributed by atoms with Gasteiger partial charge in [0.2, 0.25) is 5.91 Å². The molecule has 0 unspecified atom stereocenters. The Hall–Kier alpha value is -0.650. The van der Waals surface area contributed by atoms with Gasteiger partial charge in [0.05, 0.1) is 12.0 Å². The second kappa shape index (κ2) is 12.7. The highest BCUT2D eigenvalue weighted by molar-refractivity contribution is 5.77. The van der Waals surface area contributed by atoms with Crippen molar-refractivity contribution in [3.8, 4) is 0 Å². The van der Waals surface area contributed by atoms with Crippen molar-refractivity contribution < 1.29 is 9.90 Å². The maximum atomic E-state index is 12.4.